The van der Waals surface area contributed by atoms with Crippen LogP contribution >= 0.6 is 0 Å². The van der Waals surface area contributed by atoms with Crippen molar-refractivity contribution in [1.29, 1.82) is 0 Å². The van der Waals surface area contributed by atoms with Gasteiger partial charge in [0, 0.05) is 31.6 Å². The van der Waals surface area contributed by atoms with E-state index < -0.39 is 0 Å². The van der Waals surface area contributed by atoms with Gasteiger partial charge >= 0.3 is 0 Å². The van der Waals surface area contributed by atoms with E-state index in [1.54, 1.807) is 0 Å². The highest BCUT2D eigenvalue weighted by Gasteiger charge is 2.06. The van der Waals surface area contributed by atoms with Crippen LogP contribution in [0.2, 0.25) is 0 Å². The van der Waals surface area contributed by atoms with Gasteiger partial charge in [0.05, 0.1) is 0 Å². The third-order valence-corrected chi connectivity index (χ3v) is 2.86. The minimum absolute atomic E-state index is 0.572. The van der Waals surface area contributed by atoms with Crippen molar-refractivity contribution < 1.29 is 0 Å². The van der Waals surface area contributed by atoms with Gasteiger partial charge in [-0.15, -0.1) is 0 Å². The molecule has 2 heterocycles. The van der Waals surface area contributed by atoms with Crippen molar-refractivity contribution in [3.63, 3.8) is 0 Å². The highest BCUT2D eigenvalue weighted by molar-refractivity contribution is 5.37. The second kappa shape index (κ2) is 4.99. The Morgan fingerprint density at radius 1 is 1.35 bits per heavy atom. The summed E-state index contributed by atoms with van der Waals surface area (Å²) in [7, 11) is 0. The van der Waals surface area contributed by atoms with E-state index in [0.717, 1.165) is 25.2 Å². The Bertz CT molecular complexity index is 502. The van der Waals surface area contributed by atoms with Crippen molar-refractivity contribution in [2.45, 2.75) is 33.2 Å². The molecular formula is C13H18N4. The van der Waals surface area contributed by atoms with Crippen LogP contribution in [-0.4, -0.2) is 14.5 Å². The molecule has 17 heavy (non-hydrogen) atoms. The molecule has 4 heteroatoms. The van der Waals surface area contributed by atoms with Gasteiger partial charge in [0.15, 0.2) is 0 Å². The molecule has 0 fully saturated rings. The predicted molar refractivity (Wildman–Crippen MR) is 68.7 cm³/mol. The Hall–Kier alpha value is -1.84. The van der Waals surface area contributed by atoms with Crippen molar-refractivity contribution in [2.75, 3.05) is 5.73 Å². The SMILES string of the molecule is CCCn1ccnc1Cc1cnc(N)cc1C. The van der Waals surface area contributed by atoms with Crippen molar-refractivity contribution in [1.82, 2.24) is 14.5 Å². The number of hydrogen-bond donors (Lipinski definition) is 1. The Morgan fingerprint density at radius 2 is 2.18 bits per heavy atom. The first kappa shape index (κ1) is 11.6. The van der Waals surface area contributed by atoms with E-state index in [1.165, 1.54) is 11.1 Å². The molecule has 2 N–H and O–H groups in total. The maximum absolute atomic E-state index is 5.65. The lowest BCUT2D eigenvalue weighted by Gasteiger charge is -2.08. The van der Waals surface area contributed by atoms with Gasteiger partial charge in [-0.25, -0.2) is 9.97 Å². The van der Waals surface area contributed by atoms with Gasteiger partial charge in [-0.2, -0.15) is 0 Å². The summed E-state index contributed by atoms with van der Waals surface area (Å²) in [6.07, 6.45) is 7.65. The van der Waals surface area contributed by atoms with Crippen LogP contribution < -0.4 is 5.73 Å². The molecule has 0 saturated heterocycles. The van der Waals surface area contributed by atoms with Gasteiger partial charge in [-0.05, 0) is 30.5 Å². The van der Waals surface area contributed by atoms with E-state index in [4.69, 9.17) is 5.73 Å². The highest BCUT2D eigenvalue weighted by atomic mass is 15.1. The van der Waals surface area contributed by atoms with E-state index in [9.17, 15) is 0 Å². The minimum atomic E-state index is 0.572. The number of nitrogens with zero attached hydrogens (tertiary/aromatic N) is 3. The third-order valence-electron chi connectivity index (χ3n) is 2.86. The first-order valence-electron chi connectivity index (χ1n) is 5.91. The van der Waals surface area contributed by atoms with Crippen LogP contribution in [0.5, 0.6) is 0 Å². The van der Waals surface area contributed by atoms with Crippen LogP contribution in [0.4, 0.5) is 5.82 Å². The summed E-state index contributed by atoms with van der Waals surface area (Å²) < 4.78 is 2.19. The number of pyridine rings is 1. The molecule has 2 aromatic heterocycles. The number of rotatable bonds is 4. The molecule has 0 aromatic carbocycles. The first-order valence-corrected chi connectivity index (χ1v) is 5.91. The zero-order valence-electron chi connectivity index (χ0n) is 10.3. The zero-order chi connectivity index (χ0) is 12.3. The van der Waals surface area contributed by atoms with Crippen molar-refractivity contribution in [2.24, 2.45) is 0 Å². The number of nitrogens with two attached hydrogens (primary N) is 1. The fraction of sp³-hybridized carbons (Fsp3) is 0.385. The van der Waals surface area contributed by atoms with Crippen molar-refractivity contribution in [3.8, 4) is 0 Å². The van der Waals surface area contributed by atoms with Crippen molar-refractivity contribution >= 4 is 5.82 Å². The van der Waals surface area contributed by atoms with Crippen LogP contribution in [-0.2, 0) is 13.0 Å². The first-order chi connectivity index (χ1) is 8.20. The van der Waals surface area contributed by atoms with Crippen LogP contribution in [0.25, 0.3) is 0 Å². The van der Waals surface area contributed by atoms with E-state index in [1.807, 2.05) is 24.7 Å². The van der Waals surface area contributed by atoms with Crippen LogP contribution in [0, 0.1) is 6.92 Å². The number of aryl methyl sites for hydroxylation is 2. The molecule has 0 aliphatic rings. The average Bonchev–Trinajstić information content (AvgIpc) is 2.71. The lowest BCUT2D eigenvalue weighted by molar-refractivity contribution is 0.646. The minimum Gasteiger partial charge on any atom is -0.384 e. The molecule has 0 unspecified atom stereocenters. The van der Waals surface area contributed by atoms with E-state index in [-0.39, 0.29) is 0 Å². The summed E-state index contributed by atoms with van der Waals surface area (Å²) in [6, 6.07) is 1.91. The summed E-state index contributed by atoms with van der Waals surface area (Å²) in [5.41, 5.74) is 8.00. The maximum Gasteiger partial charge on any atom is 0.123 e. The quantitative estimate of drug-likeness (QED) is 0.875. The molecule has 2 aromatic rings. The standard InChI is InChI=1S/C13H18N4/c1-3-5-17-6-4-15-13(17)8-11-9-16-12(14)7-10(11)2/h4,6-7,9H,3,5,8H2,1-2H3,(H2,14,16). The average molecular weight is 230 g/mol. The number of aromatic nitrogens is 3. The zero-order valence-corrected chi connectivity index (χ0v) is 10.3. The van der Waals surface area contributed by atoms with Crippen LogP contribution in [0.3, 0.4) is 0 Å². The molecule has 0 radical (unpaired) electrons. The number of hydrogen-bond acceptors (Lipinski definition) is 3. The summed E-state index contributed by atoms with van der Waals surface area (Å²) in [5, 5.41) is 0. The number of nitrogen functional groups attached to an aromatic ring is 1. The second-order valence-corrected chi connectivity index (χ2v) is 4.25. The van der Waals surface area contributed by atoms with E-state index in [0.29, 0.717) is 5.82 Å². The Morgan fingerprint density at radius 3 is 2.88 bits per heavy atom. The molecule has 0 saturated carbocycles. The lowest BCUT2D eigenvalue weighted by atomic mass is 10.1. The van der Waals surface area contributed by atoms with Gasteiger partial charge in [-0.3, -0.25) is 0 Å². The molecule has 0 bridgehead atoms. The number of anilines is 1. The molecule has 0 atom stereocenters. The third kappa shape index (κ3) is 2.64. The van der Waals surface area contributed by atoms with Crippen LogP contribution in [0.1, 0.15) is 30.3 Å². The smallest absolute Gasteiger partial charge is 0.123 e. The summed E-state index contributed by atoms with van der Waals surface area (Å²) in [5.74, 6) is 1.66. The maximum atomic E-state index is 5.65. The largest absolute Gasteiger partial charge is 0.384 e. The fourth-order valence-corrected chi connectivity index (χ4v) is 1.91. The number of imidazole rings is 1. The topological polar surface area (TPSA) is 56.7 Å². The second-order valence-electron chi connectivity index (χ2n) is 4.25. The van der Waals surface area contributed by atoms with E-state index in [2.05, 4.69) is 28.4 Å². The van der Waals surface area contributed by atoms with E-state index >= 15 is 0 Å². The van der Waals surface area contributed by atoms with Gasteiger partial charge in [0.2, 0.25) is 0 Å². The molecule has 0 aliphatic heterocycles. The van der Waals surface area contributed by atoms with Gasteiger partial charge < -0.3 is 10.3 Å². The lowest BCUT2D eigenvalue weighted by Crippen LogP contribution is -2.05. The molecule has 4 nitrogen and oxygen atoms in total. The van der Waals surface area contributed by atoms with Gasteiger partial charge in [0.1, 0.15) is 11.6 Å². The molecule has 0 amide bonds. The Balaban J connectivity index is 2.22. The molecule has 0 spiro atoms. The fourth-order valence-electron chi connectivity index (χ4n) is 1.91. The normalized spacial score (nSPS) is 10.7. The molecule has 2 rings (SSSR count). The van der Waals surface area contributed by atoms with Crippen LogP contribution in [0.15, 0.2) is 24.7 Å². The molecule has 0 aliphatic carbocycles. The van der Waals surface area contributed by atoms with Gasteiger partial charge in [-0.1, -0.05) is 6.92 Å². The van der Waals surface area contributed by atoms with Gasteiger partial charge in [0.25, 0.3) is 0 Å². The summed E-state index contributed by atoms with van der Waals surface area (Å²) in [6.45, 7) is 5.23. The van der Waals surface area contributed by atoms with Crippen molar-refractivity contribution in [3.05, 3.63) is 41.6 Å². The summed E-state index contributed by atoms with van der Waals surface area (Å²) in [4.78, 5) is 8.53. The Kier molecular flexibility index (Phi) is 3.42. The summed E-state index contributed by atoms with van der Waals surface area (Å²) >= 11 is 0. The molecular weight excluding hydrogens is 212 g/mol. The monoisotopic (exact) mass is 230 g/mol. The molecule has 90 valence electrons. The highest BCUT2D eigenvalue weighted by Crippen LogP contribution is 2.14. The Labute approximate surface area is 102 Å². The predicted octanol–water partition coefficient (Wildman–Crippen LogP) is 2.17.